The van der Waals surface area contributed by atoms with E-state index in [1.54, 1.807) is 36.4 Å². The Morgan fingerprint density at radius 2 is 1.50 bits per heavy atom. The Bertz CT molecular complexity index is 891. The maximum absolute atomic E-state index is 13.1. The van der Waals surface area contributed by atoms with Gasteiger partial charge >= 0.3 is 5.97 Å². The second kappa shape index (κ2) is 8.00. The van der Waals surface area contributed by atoms with Crippen molar-refractivity contribution in [2.45, 2.75) is 19.3 Å². The van der Waals surface area contributed by atoms with Crippen molar-refractivity contribution in [1.29, 1.82) is 0 Å². The normalized spacial score (nSPS) is 25.5. The molecule has 2 aliphatic carbocycles. The van der Waals surface area contributed by atoms with Crippen LogP contribution in [0.3, 0.4) is 0 Å². The van der Waals surface area contributed by atoms with Crippen LogP contribution in [0.4, 0.5) is 0 Å². The van der Waals surface area contributed by atoms with Crippen LogP contribution in [0.2, 0.25) is 0 Å². The molecule has 4 rings (SSSR count). The van der Waals surface area contributed by atoms with Crippen LogP contribution in [-0.2, 0) is 9.53 Å². The highest BCUT2D eigenvalue weighted by atomic mass is 79.9. The average Bonchev–Trinajstić information content (AvgIpc) is 3.34. The number of rotatable bonds is 6. The van der Waals surface area contributed by atoms with Gasteiger partial charge in [0.05, 0.1) is 5.92 Å². The van der Waals surface area contributed by atoms with E-state index in [2.05, 4.69) is 15.9 Å². The first-order valence-electron chi connectivity index (χ1n) is 9.59. The predicted octanol–water partition coefficient (Wildman–Crippen LogP) is 4.72. The van der Waals surface area contributed by atoms with E-state index in [0.717, 1.165) is 23.7 Å². The number of carbonyl (C=O) groups excluding carboxylic acids is 3. The molecular weight excluding hydrogens is 420 g/mol. The van der Waals surface area contributed by atoms with Gasteiger partial charge in [0.2, 0.25) is 0 Å². The second-order valence-electron chi connectivity index (χ2n) is 7.65. The summed E-state index contributed by atoms with van der Waals surface area (Å²) in [5.41, 5.74) is 1.14. The molecule has 4 nitrogen and oxygen atoms in total. The third-order valence-electron chi connectivity index (χ3n) is 6.06. The summed E-state index contributed by atoms with van der Waals surface area (Å²) < 4.78 is 6.27. The van der Waals surface area contributed by atoms with E-state index in [4.69, 9.17) is 4.74 Å². The van der Waals surface area contributed by atoms with Gasteiger partial charge in [-0.2, -0.15) is 0 Å². The molecule has 2 fully saturated rings. The minimum absolute atomic E-state index is 0.0222. The van der Waals surface area contributed by atoms with E-state index >= 15 is 0 Å². The summed E-state index contributed by atoms with van der Waals surface area (Å²) in [4.78, 5) is 38.2. The molecule has 0 heterocycles. The molecule has 0 saturated heterocycles. The number of fused-ring (bicyclic) bond motifs is 2. The molecule has 4 atom stereocenters. The highest BCUT2D eigenvalue weighted by Gasteiger charge is 2.54. The van der Waals surface area contributed by atoms with E-state index in [9.17, 15) is 14.4 Å². The molecule has 0 unspecified atom stereocenters. The summed E-state index contributed by atoms with van der Waals surface area (Å²) >= 11 is 3.33. The molecule has 2 bridgehead atoms. The lowest BCUT2D eigenvalue weighted by atomic mass is 9.75. The SMILES string of the molecule is O=C(COC(=O)[C@H]1[C@@H]2CC[C@@H](C2)[C@@H]1C(=O)c1ccccc1)c1ccc(Br)cc1. The first-order chi connectivity index (χ1) is 13.5. The number of halogens is 1. The molecular formula is C23H21BrO4. The van der Waals surface area contributed by atoms with Crippen molar-refractivity contribution in [2.75, 3.05) is 6.61 Å². The van der Waals surface area contributed by atoms with Crippen LogP contribution in [0.5, 0.6) is 0 Å². The molecule has 0 N–H and O–H groups in total. The fourth-order valence-corrected chi connectivity index (χ4v) is 5.02. The number of Topliss-reactive ketones (excluding diaryl/α,β-unsaturated/α-hetero) is 2. The molecule has 0 aromatic heterocycles. The molecule has 2 saturated carbocycles. The topological polar surface area (TPSA) is 60.4 Å². The van der Waals surface area contributed by atoms with Gasteiger partial charge < -0.3 is 4.74 Å². The zero-order valence-corrected chi connectivity index (χ0v) is 16.9. The third-order valence-corrected chi connectivity index (χ3v) is 6.59. The molecule has 2 aromatic carbocycles. The van der Waals surface area contributed by atoms with E-state index in [0.29, 0.717) is 11.1 Å². The number of benzene rings is 2. The Kier molecular flexibility index (Phi) is 5.44. The number of ketones is 2. The van der Waals surface area contributed by atoms with Crippen molar-refractivity contribution in [2.24, 2.45) is 23.7 Å². The van der Waals surface area contributed by atoms with Gasteiger partial charge in [0, 0.05) is 21.5 Å². The van der Waals surface area contributed by atoms with Gasteiger partial charge in [0.1, 0.15) is 0 Å². The fourth-order valence-electron chi connectivity index (χ4n) is 4.75. The summed E-state index contributed by atoms with van der Waals surface area (Å²) in [6, 6.07) is 16.1. The van der Waals surface area contributed by atoms with Crippen molar-refractivity contribution in [3.8, 4) is 0 Å². The molecule has 144 valence electrons. The molecule has 2 aliphatic rings. The summed E-state index contributed by atoms with van der Waals surface area (Å²) in [6.07, 6.45) is 2.82. The molecule has 2 aromatic rings. The number of hydrogen-bond donors (Lipinski definition) is 0. The Balaban J connectivity index is 1.45. The quantitative estimate of drug-likeness (QED) is 0.481. The predicted molar refractivity (Wildman–Crippen MR) is 108 cm³/mol. The Labute approximate surface area is 172 Å². The van der Waals surface area contributed by atoms with Crippen LogP contribution < -0.4 is 0 Å². The summed E-state index contributed by atoms with van der Waals surface area (Å²) in [5.74, 6) is -0.994. The maximum atomic E-state index is 13.1. The zero-order valence-electron chi connectivity index (χ0n) is 15.3. The minimum Gasteiger partial charge on any atom is -0.457 e. The van der Waals surface area contributed by atoms with E-state index < -0.39 is 11.9 Å². The number of hydrogen-bond acceptors (Lipinski definition) is 4. The van der Waals surface area contributed by atoms with Gasteiger partial charge in [-0.05, 0) is 43.2 Å². The van der Waals surface area contributed by atoms with Crippen molar-refractivity contribution >= 4 is 33.5 Å². The smallest absolute Gasteiger partial charge is 0.310 e. The summed E-state index contributed by atoms with van der Waals surface area (Å²) in [7, 11) is 0. The molecule has 28 heavy (non-hydrogen) atoms. The second-order valence-corrected chi connectivity index (χ2v) is 8.57. The van der Waals surface area contributed by atoms with Crippen LogP contribution in [0.25, 0.3) is 0 Å². The summed E-state index contributed by atoms with van der Waals surface area (Å²) in [6.45, 7) is -0.291. The summed E-state index contributed by atoms with van der Waals surface area (Å²) in [5, 5.41) is 0. The standard InChI is InChI=1S/C23H21BrO4/c24-18-10-8-14(9-11-18)19(25)13-28-23(27)21-17-7-6-16(12-17)20(21)22(26)15-4-2-1-3-5-15/h1-5,8-11,16-17,20-21H,6-7,12-13H2/t16-,17+,20-,21-/m0/s1. The lowest BCUT2D eigenvalue weighted by Gasteiger charge is -2.28. The van der Waals surface area contributed by atoms with Gasteiger partial charge in [-0.1, -0.05) is 58.4 Å². The Morgan fingerprint density at radius 3 is 2.18 bits per heavy atom. The Hall–Kier alpha value is -2.27. The van der Waals surface area contributed by atoms with Crippen molar-refractivity contribution in [1.82, 2.24) is 0 Å². The van der Waals surface area contributed by atoms with Crippen LogP contribution in [0.15, 0.2) is 59.1 Å². The van der Waals surface area contributed by atoms with E-state index in [1.165, 1.54) is 0 Å². The molecule has 0 radical (unpaired) electrons. The lowest BCUT2D eigenvalue weighted by Crippen LogP contribution is -2.36. The first kappa shape index (κ1) is 19.1. The molecule has 0 amide bonds. The molecule has 0 aliphatic heterocycles. The number of ether oxygens (including phenoxy) is 1. The number of carbonyl (C=O) groups is 3. The number of esters is 1. The van der Waals surface area contributed by atoms with Gasteiger partial charge in [0.15, 0.2) is 18.2 Å². The monoisotopic (exact) mass is 440 g/mol. The highest BCUT2D eigenvalue weighted by molar-refractivity contribution is 9.10. The van der Waals surface area contributed by atoms with Crippen molar-refractivity contribution in [3.63, 3.8) is 0 Å². The fraction of sp³-hybridized carbons (Fsp3) is 0.348. The van der Waals surface area contributed by atoms with Gasteiger partial charge in [0.25, 0.3) is 0 Å². The van der Waals surface area contributed by atoms with E-state index in [-0.39, 0.29) is 35.9 Å². The highest BCUT2D eigenvalue weighted by Crippen LogP contribution is 2.53. The van der Waals surface area contributed by atoms with Crippen LogP contribution in [0, 0.1) is 23.7 Å². The minimum atomic E-state index is -0.441. The third kappa shape index (κ3) is 3.68. The van der Waals surface area contributed by atoms with Gasteiger partial charge in [-0.3, -0.25) is 14.4 Å². The van der Waals surface area contributed by atoms with Crippen molar-refractivity contribution in [3.05, 3.63) is 70.2 Å². The van der Waals surface area contributed by atoms with Gasteiger partial charge in [-0.15, -0.1) is 0 Å². The van der Waals surface area contributed by atoms with Crippen LogP contribution in [-0.4, -0.2) is 24.1 Å². The van der Waals surface area contributed by atoms with Crippen molar-refractivity contribution < 1.29 is 19.1 Å². The molecule has 5 heteroatoms. The van der Waals surface area contributed by atoms with E-state index in [1.807, 2.05) is 18.2 Å². The molecule has 0 spiro atoms. The van der Waals surface area contributed by atoms with Gasteiger partial charge in [-0.25, -0.2) is 0 Å². The Morgan fingerprint density at radius 1 is 0.857 bits per heavy atom. The first-order valence-corrected chi connectivity index (χ1v) is 10.4. The van der Waals surface area contributed by atoms with Crippen LogP contribution >= 0.6 is 15.9 Å². The largest absolute Gasteiger partial charge is 0.457 e. The average molecular weight is 441 g/mol. The van der Waals surface area contributed by atoms with Crippen LogP contribution in [0.1, 0.15) is 40.0 Å². The zero-order chi connectivity index (χ0) is 19.7. The lowest BCUT2D eigenvalue weighted by molar-refractivity contribution is -0.150. The maximum Gasteiger partial charge on any atom is 0.310 e.